The van der Waals surface area contributed by atoms with Crippen LogP contribution in [0.4, 0.5) is 57.1 Å². The molecule has 0 N–H and O–H groups in total. The van der Waals surface area contributed by atoms with E-state index in [4.69, 9.17) is 0 Å². The van der Waals surface area contributed by atoms with Crippen LogP contribution in [0.2, 0.25) is 0 Å². The third-order valence-corrected chi connectivity index (χ3v) is 4.40. The minimum absolute atomic E-state index is 0.456. The monoisotopic (exact) mass is 476 g/mol. The Bertz CT molecular complexity index is 1130. The molecule has 0 radical (unpaired) electrons. The van der Waals surface area contributed by atoms with E-state index < -0.39 is 111 Å². The molecule has 168 valence electrons. The predicted octanol–water partition coefficient (Wildman–Crippen LogP) is 4.01. The van der Waals surface area contributed by atoms with Gasteiger partial charge < -0.3 is 0 Å². The van der Waals surface area contributed by atoms with Crippen molar-refractivity contribution in [3.8, 4) is 0 Å². The molecule has 32 heavy (non-hydrogen) atoms. The highest BCUT2D eigenvalue weighted by molar-refractivity contribution is 6.95. The fourth-order valence-corrected chi connectivity index (χ4v) is 3.00. The highest BCUT2D eigenvalue weighted by Gasteiger charge is 2.43. The van der Waals surface area contributed by atoms with Gasteiger partial charge in [-0.2, -0.15) is 0 Å². The quantitative estimate of drug-likeness (QED) is 0.232. The SMILES string of the molecule is Fc1cc(F)c(F)c(B(c2c(F)c(F)cc(F)c2F)c2c(F)c(F)c(F)c(F)c2F)c1F. The second-order valence-electron chi connectivity index (χ2n) is 6.18. The molecule has 0 spiro atoms. The summed E-state index contributed by atoms with van der Waals surface area (Å²) in [6.45, 7) is -3.62. The predicted molar refractivity (Wildman–Crippen MR) is 83.4 cm³/mol. The third-order valence-electron chi connectivity index (χ3n) is 4.40. The topological polar surface area (TPSA) is 0 Å². The summed E-state index contributed by atoms with van der Waals surface area (Å²) in [5.41, 5.74) is -7.09. The third kappa shape index (κ3) is 3.37. The van der Waals surface area contributed by atoms with Crippen LogP contribution in [0, 0.1) is 75.6 Å². The summed E-state index contributed by atoms with van der Waals surface area (Å²) < 4.78 is 182. The van der Waals surface area contributed by atoms with Crippen LogP contribution in [0.1, 0.15) is 0 Å². The van der Waals surface area contributed by atoms with Crippen molar-refractivity contribution >= 4 is 23.1 Å². The lowest BCUT2D eigenvalue weighted by Crippen LogP contribution is -2.60. The van der Waals surface area contributed by atoms with Gasteiger partial charge in [-0.25, -0.2) is 57.1 Å². The standard InChI is InChI=1S/C18H2BF13/c20-3-1-4(21)11(25)7(10(3)24)19(8-12(26)5(22)2-6(23)13(8)27)9-14(28)16(30)18(32)17(31)15(9)29/h1-2H. The van der Waals surface area contributed by atoms with Gasteiger partial charge in [-0.3, -0.25) is 0 Å². The maximum atomic E-state index is 14.4. The molecular formula is C18H2BF13. The summed E-state index contributed by atoms with van der Waals surface area (Å²) >= 11 is 0. The van der Waals surface area contributed by atoms with Gasteiger partial charge in [-0.05, 0) is 0 Å². The van der Waals surface area contributed by atoms with Crippen LogP contribution < -0.4 is 16.4 Å². The lowest BCUT2D eigenvalue weighted by molar-refractivity contribution is 0.384. The smallest absolute Gasteiger partial charge is 0.204 e. The van der Waals surface area contributed by atoms with Crippen LogP contribution in [0.25, 0.3) is 0 Å². The number of hydrogen-bond acceptors (Lipinski definition) is 0. The lowest BCUT2D eigenvalue weighted by atomic mass is 9.36. The molecule has 0 heterocycles. The van der Waals surface area contributed by atoms with Crippen molar-refractivity contribution in [3.05, 3.63) is 87.8 Å². The van der Waals surface area contributed by atoms with Gasteiger partial charge in [0, 0.05) is 28.5 Å². The van der Waals surface area contributed by atoms with Crippen LogP contribution in [0.5, 0.6) is 0 Å². The Hall–Kier alpha value is -3.19. The van der Waals surface area contributed by atoms with Crippen molar-refractivity contribution in [1.82, 2.24) is 0 Å². The highest BCUT2D eigenvalue weighted by Crippen LogP contribution is 2.21. The molecule has 3 rings (SSSR count). The molecular weight excluding hydrogens is 474 g/mol. The maximum absolute atomic E-state index is 14.4. The second kappa shape index (κ2) is 8.06. The van der Waals surface area contributed by atoms with Crippen LogP contribution in [0.15, 0.2) is 12.1 Å². The molecule has 0 saturated heterocycles. The largest absolute Gasteiger partial charge is 0.265 e. The molecule has 3 aromatic rings. The highest BCUT2D eigenvalue weighted by atomic mass is 19.2. The summed E-state index contributed by atoms with van der Waals surface area (Å²) in [7, 11) is 0. The van der Waals surface area contributed by atoms with Gasteiger partial charge in [0.1, 0.15) is 0 Å². The molecule has 0 aliphatic heterocycles. The molecule has 0 amide bonds. The molecule has 3 aromatic carbocycles. The Balaban J connectivity index is 2.64. The minimum Gasteiger partial charge on any atom is -0.204 e. The first-order chi connectivity index (χ1) is 14.8. The Morgan fingerprint density at radius 2 is 0.531 bits per heavy atom. The molecule has 0 unspecified atom stereocenters. The van der Waals surface area contributed by atoms with Crippen molar-refractivity contribution in [2.75, 3.05) is 0 Å². The van der Waals surface area contributed by atoms with E-state index in [9.17, 15) is 57.1 Å². The van der Waals surface area contributed by atoms with E-state index in [1.165, 1.54) is 0 Å². The van der Waals surface area contributed by atoms with Gasteiger partial charge in [-0.15, -0.1) is 0 Å². The van der Waals surface area contributed by atoms with Gasteiger partial charge in [0.05, 0.1) is 0 Å². The van der Waals surface area contributed by atoms with E-state index in [0.29, 0.717) is 0 Å². The van der Waals surface area contributed by atoms with Crippen LogP contribution in [0.3, 0.4) is 0 Å². The molecule has 0 bridgehead atoms. The minimum atomic E-state index is -3.62. The van der Waals surface area contributed by atoms with Crippen LogP contribution in [-0.2, 0) is 0 Å². The maximum Gasteiger partial charge on any atom is 0.265 e. The van der Waals surface area contributed by atoms with E-state index in [1.54, 1.807) is 0 Å². The molecule has 0 atom stereocenters. The number of rotatable bonds is 3. The fraction of sp³-hybridized carbons (Fsp3) is 0. The molecule has 0 aliphatic carbocycles. The number of hydrogen-bond donors (Lipinski definition) is 0. The first-order valence-corrected chi connectivity index (χ1v) is 7.98. The van der Waals surface area contributed by atoms with Crippen molar-refractivity contribution < 1.29 is 57.1 Å². The Morgan fingerprint density at radius 1 is 0.312 bits per heavy atom. The van der Waals surface area contributed by atoms with E-state index in [0.717, 1.165) is 0 Å². The normalized spacial score (nSPS) is 11.3. The van der Waals surface area contributed by atoms with Gasteiger partial charge in [0.15, 0.2) is 75.6 Å². The van der Waals surface area contributed by atoms with Crippen molar-refractivity contribution in [2.24, 2.45) is 0 Å². The number of halogens is 13. The summed E-state index contributed by atoms with van der Waals surface area (Å²) in [4.78, 5) is 0. The zero-order chi connectivity index (χ0) is 24.2. The van der Waals surface area contributed by atoms with Crippen molar-refractivity contribution in [1.29, 1.82) is 0 Å². The number of benzene rings is 3. The average molecular weight is 476 g/mol. The lowest BCUT2D eigenvalue weighted by Gasteiger charge is -2.21. The van der Waals surface area contributed by atoms with E-state index in [2.05, 4.69) is 0 Å². The second-order valence-corrected chi connectivity index (χ2v) is 6.18. The van der Waals surface area contributed by atoms with Crippen LogP contribution in [-0.4, -0.2) is 6.71 Å². The Kier molecular flexibility index (Phi) is 5.91. The first kappa shape index (κ1) is 23.5. The zero-order valence-corrected chi connectivity index (χ0v) is 14.6. The van der Waals surface area contributed by atoms with Crippen LogP contribution >= 0.6 is 0 Å². The Labute approximate surface area is 169 Å². The van der Waals surface area contributed by atoms with Gasteiger partial charge in [0.2, 0.25) is 0 Å². The molecule has 14 heteroatoms. The summed E-state index contributed by atoms with van der Waals surface area (Å²) in [6, 6.07) is -0.911. The fourth-order valence-electron chi connectivity index (χ4n) is 3.00. The summed E-state index contributed by atoms with van der Waals surface area (Å²) in [6.07, 6.45) is 0. The molecule has 0 aliphatic rings. The first-order valence-electron chi connectivity index (χ1n) is 7.98. The summed E-state index contributed by atoms with van der Waals surface area (Å²) in [5, 5.41) is 0. The molecule has 0 aromatic heterocycles. The van der Waals surface area contributed by atoms with E-state index in [1.807, 2.05) is 0 Å². The van der Waals surface area contributed by atoms with Gasteiger partial charge in [0.25, 0.3) is 6.71 Å². The summed E-state index contributed by atoms with van der Waals surface area (Å²) in [5.74, 6) is -34.0. The Morgan fingerprint density at radius 3 is 0.812 bits per heavy atom. The van der Waals surface area contributed by atoms with Gasteiger partial charge >= 0.3 is 0 Å². The van der Waals surface area contributed by atoms with Crippen molar-refractivity contribution in [2.45, 2.75) is 0 Å². The van der Waals surface area contributed by atoms with Crippen molar-refractivity contribution in [3.63, 3.8) is 0 Å². The molecule has 0 nitrogen and oxygen atoms in total. The molecule has 0 fully saturated rings. The van der Waals surface area contributed by atoms with E-state index in [-0.39, 0.29) is 0 Å². The molecule has 0 saturated carbocycles. The zero-order valence-electron chi connectivity index (χ0n) is 14.6. The van der Waals surface area contributed by atoms with Gasteiger partial charge in [-0.1, -0.05) is 0 Å². The average Bonchev–Trinajstić information content (AvgIpc) is 2.73. The van der Waals surface area contributed by atoms with E-state index >= 15 is 0 Å².